The maximum absolute atomic E-state index is 13.5. The van der Waals surface area contributed by atoms with Gasteiger partial charge < -0.3 is 47.7 Å². The first-order chi connectivity index (χ1) is 23.0. The molecule has 0 unspecified atom stereocenters. The van der Waals surface area contributed by atoms with Crippen molar-refractivity contribution < 1.29 is 47.7 Å². The summed E-state index contributed by atoms with van der Waals surface area (Å²) in [5.74, 6) is 0.827. The summed E-state index contributed by atoms with van der Waals surface area (Å²) < 4.78 is 53.0. The van der Waals surface area contributed by atoms with E-state index in [9.17, 15) is 5.11 Å². The first-order valence-corrected chi connectivity index (χ1v) is 16.3. The Kier molecular flexibility index (Phi) is 11.8. The van der Waals surface area contributed by atoms with E-state index in [2.05, 4.69) is 27.7 Å². The van der Waals surface area contributed by atoms with Crippen molar-refractivity contribution in [1.82, 2.24) is 0 Å². The first-order valence-electron chi connectivity index (χ1n) is 16.3. The minimum atomic E-state index is -1.83. The highest BCUT2D eigenvalue weighted by Gasteiger charge is 2.42. The van der Waals surface area contributed by atoms with Crippen LogP contribution in [-0.4, -0.2) is 73.1 Å². The topological polar surface area (TPSA) is 103 Å². The second-order valence-electron chi connectivity index (χ2n) is 14.0. The van der Waals surface area contributed by atoms with Crippen molar-refractivity contribution in [2.75, 3.05) is 67.9 Å². The lowest BCUT2D eigenvalue weighted by Gasteiger charge is -2.37. The van der Waals surface area contributed by atoms with Gasteiger partial charge in [0.05, 0.1) is 33.0 Å². The Bertz CT molecular complexity index is 1400. The van der Waals surface area contributed by atoms with Crippen LogP contribution in [0.15, 0.2) is 60.7 Å². The number of hydrogen-bond acceptors (Lipinski definition) is 10. The van der Waals surface area contributed by atoms with Crippen molar-refractivity contribution in [3.05, 3.63) is 94.0 Å². The third kappa shape index (κ3) is 8.38. The normalized spacial score (nSPS) is 18.5. The van der Waals surface area contributed by atoms with Gasteiger partial charge in [-0.25, -0.2) is 0 Å². The summed E-state index contributed by atoms with van der Waals surface area (Å²) in [7, 11) is 4.77. The molecule has 0 bridgehead atoms. The minimum absolute atomic E-state index is 0.0342. The van der Waals surface area contributed by atoms with Crippen LogP contribution >= 0.6 is 0 Å². The van der Waals surface area contributed by atoms with Crippen LogP contribution in [0, 0.1) is 10.8 Å². The third-order valence-electron chi connectivity index (χ3n) is 8.44. The van der Waals surface area contributed by atoms with Crippen LogP contribution in [0.25, 0.3) is 0 Å². The van der Waals surface area contributed by atoms with Crippen molar-refractivity contribution in [3.8, 4) is 11.5 Å². The number of benzene rings is 3. The molecular weight excluding hydrogens is 616 g/mol. The zero-order chi connectivity index (χ0) is 34.4. The summed E-state index contributed by atoms with van der Waals surface area (Å²) in [5.41, 5.74) is 1.88. The van der Waals surface area contributed by atoms with Crippen LogP contribution in [0.2, 0.25) is 0 Å². The molecule has 2 aliphatic heterocycles. The first kappa shape index (κ1) is 36.2. The molecule has 3 aromatic carbocycles. The molecule has 5 rings (SSSR count). The van der Waals surface area contributed by atoms with Crippen LogP contribution in [0.3, 0.4) is 0 Å². The summed E-state index contributed by atoms with van der Waals surface area (Å²) in [6.07, 6.45) is -0.610. The highest BCUT2D eigenvalue weighted by molar-refractivity contribution is 5.58. The van der Waals surface area contributed by atoms with Gasteiger partial charge in [0.2, 0.25) is 0 Å². The number of aliphatic hydroxyl groups is 1. The Hall–Kier alpha value is -3.06. The highest BCUT2D eigenvalue weighted by atomic mass is 16.7. The van der Waals surface area contributed by atoms with Crippen molar-refractivity contribution in [3.63, 3.8) is 0 Å². The molecule has 0 spiro atoms. The van der Waals surface area contributed by atoms with Crippen LogP contribution in [0.4, 0.5) is 0 Å². The Labute approximate surface area is 284 Å². The van der Waals surface area contributed by atoms with Gasteiger partial charge in [0.15, 0.2) is 26.2 Å². The predicted molar refractivity (Wildman–Crippen MR) is 179 cm³/mol. The molecule has 48 heavy (non-hydrogen) atoms. The molecule has 2 saturated heterocycles. The number of hydrogen-bond donors (Lipinski definition) is 1. The van der Waals surface area contributed by atoms with Gasteiger partial charge in [-0.2, -0.15) is 0 Å². The zero-order valence-corrected chi connectivity index (χ0v) is 29.2. The smallest absolute Gasteiger partial charge is 0.188 e. The Morgan fingerprint density at radius 3 is 1.58 bits per heavy atom. The molecule has 2 aliphatic rings. The van der Waals surface area contributed by atoms with Crippen molar-refractivity contribution in [1.29, 1.82) is 0 Å². The van der Waals surface area contributed by atoms with Crippen LogP contribution < -0.4 is 9.47 Å². The SMILES string of the molecule is COCCc1cccc(C(O)(c2cc(C3OCC(C)(C)CO3)ccc2OCOC)c2cc(C3OCC(C)(C)CO3)ccc2OCOC)c1. The predicted octanol–water partition coefficient (Wildman–Crippen LogP) is 6.27. The van der Waals surface area contributed by atoms with E-state index in [0.717, 1.165) is 16.7 Å². The molecule has 0 radical (unpaired) electrons. The average molecular weight is 667 g/mol. The van der Waals surface area contributed by atoms with Gasteiger partial charge in [-0.05, 0) is 41.8 Å². The molecule has 0 atom stereocenters. The van der Waals surface area contributed by atoms with Gasteiger partial charge in [-0.15, -0.1) is 0 Å². The van der Waals surface area contributed by atoms with Crippen LogP contribution in [-0.2, 0) is 45.2 Å². The molecule has 2 heterocycles. The molecule has 0 aliphatic carbocycles. The van der Waals surface area contributed by atoms with Gasteiger partial charge in [-0.3, -0.25) is 0 Å². The molecule has 3 aromatic rings. The fraction of sp³-hybridized carbons (Fsp3) is 0.526. The Morgan fingerprint density at radius 1 is 0.667 bits per heavy atom. The largest absolute Gasteiger partial charge is 0.467 e. The Morgan fingerprint density at radius 2 is 1.15 bits per heavy atom. The highest BCUT2D eigenvalue weighted by Crippen LogP contribution is 2.48. The molecular formula is C38H50O10. The average Bonchev–Trinajstić information content (AvgIpc) is 3.08. The lowest BCUT2D eigenvalue weighted by atomic mass is 9.77. The maximum atomic E-state index is 13.5. The maximum Gasteiger partial charge on any atom is 0.188 e. The number of ether oxygens (including phenoxy) is 9. The molecule has 0 amide bonds. The Balaban J connectivity index is 1.73. The summed E-state index contributed by atoms with van der Waals surface area (Å²) in [6, 6.07) is 18.9. The summed E-state index contributed by atoms with van der Waals surface area (Å²) in [5, 5.41) is 13.5. The van der Waals surface area contributed by atoms with E-state index in [4.69, 9.17) is 42.6 Å². The van der Waals surface area contributed by atoms with Crippen LogP contribution in [0.1, 0.15) is 73.7 Å². The summed E-state index contributed by atoms with van der Waals surface area (Å²) in [4.78, 5) is 0. The molecule has 0 aromatic heterocycles. The van der Waals surface area contributed by atoms with E-state index < -0.39 is 18.2 Å². The van der Waals surface area contributed by atoms with Gasteiger partial charge in [-0.1, -0.05) is 64.1 Å². The second-order valence-corrected chi connectivity index (χ2v) is 14.0. The van der Waals surface area contributed by atoms with E-state index >= 15 is 0 Å². The number of methoxy groups -OCH3 is 3. The number of rotatable bonds is 14. The molecule has 10 nitrogen and oxygen atoms in total. The lowest BCUT2D eigenvalue weighted by molar-refractivity contribution is -0.226. The monoisotopic (exact) mass is 666 g/mol. The van der Waals surface area contributed by atoms with Crippen molar-refractivity contribution >= 4 is 0 Å². The quantitative estimate of drug-likeness (QED) is 0.157. The van der Waals surface area contributed by atoms with Gasteiger partial charge in [0, 0.05) is 54.4 Å². The van der Waals surface area contributed by atoms with E-state index in [1.54, 1.807) is 21.3 Å². The minimum Gasteiger partial charge on any atom is -0.467 e. The molecule has 0 saturated carbocycles. The standard InChI is InChI=1S/C38H50O10/c1-36(2)20-43-34(44-21-36)27-11-13-32(47-24-41-6)30(18-27)38(39,29-10-8-9-26(17-29)15-16-40-5)31-19-28(12-14-33(31)48-25-42-7)35-45-22-37(3,4)23-46-35/h8-14,17-19,34-35,39H,15-16,20-25H2,1-7H3. The fourth-order valence-electron chi connectivity index (χ4n) is 5.85. The fourth-order valence-corrected chi connectivity index (χ4v) is 5.85. The van der Waals surface area contributed by atoms with Gasteiger partial charge in [0.25, 0.3) is 0 Å². The molecule has 10 heteroatoms. The van der Waals surface area contributed by atoms with Crippen LogP contribution in [0.5, 0.6) is 11.5 Å². The van der Waals surface area contributed by atoms with E-state index in [1.165, 1.54) is 0 Å². The van der Waals surface area contributed by atoms with Gasteiger partial charge in [0.1, 0.15) is 17.1 Å². The van der Waals surface area contributed by atoms with E-state index in [0.29, 0.717) is 67.6 Å². The third-order valence-corrected chi connectivity index (χ3v) is 8.44. The summed E-state index contributed by atoms with van der Waals surface area (Å²) in [6.45, 7) is 10.9. The summed E-state index contributed by atoms with van der Waals surface area (Å²) >= 11 is 0. The zero-order valence-electron chi connectivity index (χ0n) is 29.2. The second kappa shape index (κ2) is 15.7. The van der Waals surface area contributed by atoms with Crippen molar-refractivity contribution in [2.45, 2.75) is 52.3 Å². The molecule has 262 valence electrons. The van der Waals surface area contributed by atoms with Crippen molar-refractivity contribution in [2.24, 2.45) is 10.8 Å². The van der Waals surface area contributed by atoms with E-state index in [1.807, 2.05) is 60.7 Å². The molecule has 2 fully saturated rings. The lowest BCUT2D eigenvalue weighted by Crippen LogP contribution is -2.35. The van der Waals surface area contributed by atoms with E-state index in [-0.39, 0.29) is 24.4 Å². The van der Waals surface area contributed by atoms with Gasteiger partial charge >= 0.3 is 0 Å². The molecule has 1 N–H and O–H groups in total.